The highest BCUT2D eigenvalue weighted by Gasteiger charge is 2.06. The molecule has 0 aliphatic carbocycles. The predicted octanol–water partition coefficient (Wildman–Crippen LogP) is 3.78. The van der Waals surface area contributed by atoms with Gasteiger partial charge in [0, 0.05) is 28.9 Å². The average Bonchev–Trinajstić information content (AvgIpc) is 2.43. The topological polar surface area (TPSA) is 37.8 Å². The second-order valence-corrected chi connectivity index (χ2v) is 5.57. The van der Waals surface area contributed by atoms with Crippen LogP contribution in [-0.2, 0) is 6.54 Å². The monoisotopic (exact) mass is 293 g/mol. The van der Waals surface area contributed by atoms with E-state index in [2.05, 4.69) is 28.3 Å². The molecule has 0 bridgehead atoms. The van der Waals surface area contributed by atoms with Crippen LogP contribution in [0.3, 0.4) is 0 Å². The minimum absolute atomic E-state index is 0.741. The molecule has 0 spiro atoms. The molecule has 0 saturated heterocycles. The number of halogens is 1. The van der Waals surface area contributed by atoms with Gasteiger partial charge in [0.25, 0.3) is 0 Å². The summed E-state index contributed by atoms with van der Waals surface area (Å²) < 4.78 is 0. The van der Waals surface area contributed by atoms with E-state index in [9.17, 15) is 0 Å². The van der Waals surface area contributed by atoms with Crippen molar-refractivity contribution in [1.29, 1.82) is 0 Å². The fraction of sp³-hybridized carbons (Fsp3) is 0.286. The summed E-state index contributed by atoms with van der Waals surface area (Å²) in [5.41, 5.74) is 1.23. The van der Waals surface area contributed by atoms with Crippen molar-refractivity contribution in [2.45, 2.75) is 29.8 Å². The molecule has 0 aliphatic heterocycles. The highest BCUT2D eigenvalue weighted by atomic mass is 35.5. The Bertz CT molecular complexity index is 519. The van der Waals surface area contributed by atoms with Crippen LogP contribution < -0.4 is 5.32 Å². The molecule has 2 aromatic rings. The Labute approximate surface area is 122 Å². The number of nitrogens with one attached hydrogen (secondary N) is 1. The first kappa shape index (κ1) is 14.3. The van der Waals surface area contributed by atoms with Gasteiger partial charge < -0.3 is 5.32 Å². The highest BCUT2D eigenvalue weighted by molar-refractivity contribution is 7.99. The van der Waals surface area contributed by atoms with E-state index in [-0.39, 0.29) is 0 Å². The van der Waals surface area contributed by atoms with Gasteiger partial charge in [-0.05, 0) is 30.7 Å². The summed E-state index contributed by atoms with van der Waals surface area (Å²) in [6.07, 6.45) is 6.25. The number of hydrogen-bond donors (Lipinski definition) is 1. The lowest BCUT2D eigenvalue weighted by Crippen LogP contribution is -2.14. The molecule has 0 fully saturated rings. The van der Waals surface area contributed by atoms with E-state index in [4.69, 9.17) is 11.6 Å². The van der Waals surface area contributed by atoms with Crippen LogP contribution in [0.5, 0.6) is 0 Å². The molecular formula is C14H16ClN3S. The van der Waals surface area contributed by atoms with E-state index in [0.29, 0.717) is 0 Å². The molecule has 1 heterocycles. The van der Waals surface area contributed by atoms with Gasteiger partial charge in [-0.15, -0.1) is 0 Å². The lowest BCUT2D eigenvalue weighted by molar-refractivity contribution is 0.669. The zero-order chi connectivity index (χ0) is 13.5. The maximum absolute atomic E-state index is 6.07. The minimum atomic E-state index is 0.741. The lowest BCUT2D eigenvalue weighted by atomic mass is 10.2. The minimum Gasteiger partial charge on any atom is -0.313 e. The van der Waals surface area contributed by atoms with Crippen LogP contribution in [-0.4, -0.2) is 16.5 Å². The zero-order valence-corrected chi connectivity index (χ0v) is 12.3. The standard InChI is InChI=1S/C14H16ClN3S/c1-2-5-16-9-11-3-4-12(15)8-13(11)19-14-10-17-6-7-18-14/h3-4,6-8,10,16H,2,5,9H2,1H3. The number of rotatable bonds is 6. The smallest absolute Gasteiger partial charge is 0.119 e. The molecule has 0 aliphatic rings. The quantitative estimate of drug-likeness (QED) is 0.823. The summed E-state index contributed by atoms with van der Waals surface area (Å²) in [6.45, 7) is 4.01. The first-order valence-corrected chi connectivity index (χ1v) is 7.42. The molecule has 1 N–H and O–H groups in total. The molecule has 19 heavy (non-hydrogen) atoms. The van der Waals surface area contributed by atoms with Crippen LogP contribution in [0, 0.1) is 0 Å². The molecule has 0 amide bonds. The van der Waals surface area contributed by atoms with E-state index in [1.165, 1.54) is 5.56 Å². The van der Waals surface area contributed by atoms with Gasteiger partial charge in [-0.3, -0.25) is 4.98 Å². The maximum atomic E-state index is 6.07. The van der Waals surface area contributed by atoms with Gasteiger partial charge in [0.05, 0.1) is 6.20 Å². The van der Waals surface area contributed by atoms with Crippen molar-refractivity contribution in [1.82, 2.24) is 15.3 Å². The fourth-order valence-electron chi connectivity index (χ4n) is 1.62. The molecule has 2 rings (SSSR count). The van der Waals surface area contributed by atoms with Crippen molar-refractivity contribution in [3.05, 3.63) is 47.4 Å². The number of benzene rings is 1. The molecule has 0 unspecified atom stereocenters. The summed E-state index contributed by atoms with van der Waals surface area (Å²) in [4.78, 5) is 9.48. The van der Waals surface area contributed by atoms with Crippen LogP contribution in [0.15, 0.2) is 46.7 Å². The molecule has 3 nitrogen and oxygen atoms in total. The normalized spacial score (nSPS) is 10.6. The number of aromatic nitrogens is 2. The van der Waals surface area contributed by atoms with Gasteiger partial charge in [0.2, 0.25) is 0 Å². The largest absolute Gasteiger partial charge is 0.313 e. The third-order valence-electron chi connectivity index (χ3n) is 2.53. The first-order valence-electron chi connectivity index (χ1n) is 6.22. The number of nitrogens with zero attached hydrogens (tertiary/aromatic N) is 2. The third kappa shape index (κ3) is 4.49. The second-order valence-electron chi connectivity index (χ2n) is 4.07. The highest BCUT2D eigenvalue weighted by Crippen LogP contribution is 2.30. The molecule has 0 saturated carbocycles. The molecule has 0 radical (unpaired) electrons. The van der Waals surface area contributed by atoms with Gasteiger partial charge in [0.1, 0.15) is 5.03 Å². The van der Waals surface area contributed by atoms with Crippen molar-refractivity contribution in [3.63, 3.8) is 0 Å². The van der Waals surface area contributed by atoms with Crippen LogP contribution in [0.2, 0.25) is 5.02 Å². The van der Waals surface area contributed by atoms with Crippen molar-refractivity contribution < 1.29 is 0 Å². The van der Waals surface area contributed by atoms with Crippen LogP contribution >= 0.6 is 23.4 Å². The van der Waals surface area contributed by atoms with Crippen molar-refractivity contribution in [2.75, 3.05) is 6.54 Å². The molecule has 1 aromatic carbocycles. The fourth-order valence-corrected chi connectivity index (χ4v) is 2.77. The van der Waals surface area contributed by atoms with E-state index in [1.807, 2.05) is 12.1 Å². The third-order valence-corrected chi connectivity index (χ3v) is 3.78. The summed E-state index contributed by atoms with van der Waals surface area (Å²) in [5, 5.41) is 5.02. The van der Waals surface area contributed by atoms with Gasteiger partial charge in [-0.25, -0.2) is 4.98 Å². The Morgan fingerprint density at radius 2 is 2.21 bits per heavy atom. The molecule has 1 aromatic heterocycles. The first-order chi connectivity index (χ1) is 9.29. The van der Waals surface area contributed by atoms with Crippen molar-refractivity contribution >= 4 is 23.4 Å². The molecular weight excluding hydrogens is 278 g/mol. The Balaban J connectivity index is 2.15. The molecule has 100 valence electrons. The van der Waals surface area contributed by atoms with Crippen molar-refractivity contribution in [2.24, 2.45) is 0 Å². The van der Waals surface area contributed by atoms with Crippen LogP contribution in [0.25, 0.3) is 0 Å². The van der Waals surface area contributed by atoms with Crippen molar-refractivity contribution in [3.8, 4) is 0 Å². The van der Waals surface area contributed by atoms with E-state index >= 15 is 0 Å². The van der Waals surface area contributed by atoms with E-state index < -0.39 is 0 Å². The Hall–Kier alpha value is -1.10. The summed E-state index contributed by atoms with van der Waals surface area (Å²) in [6, 6.07) is 5.96. The van der Waals surface area contributed by atoms with E-state index in [1.54, 1.807) is 30.4 Å². The van der Waals surface area contributed by atoms with Gasteiger partial charge in [-0.2, -0.15) is 0 Å². The average molecular weight is 294 g/mol. The summed E-state index contributed by atoms with van der Waals surface area (Å²) >= 11 is 7.66. The maximum Gasteiger partial charge on any atom is 0.119 e. The van der Waals surface area contributed by atoms with Gasteiger partial charge >= 0.3 is 0 Å². The Morgan fingerprint density at radius 1 is 1.32 bits per heavy atom. The van der Waals surface area contributed by atoms with Gasteiger partial charge in [-0.1, -0.05) is 36.4 Å². The Morgan fingerprint density at radius 3 is 2.95 bits per heavy atom. The molecule has 0 atom stereocenters. The summed E-state index contributed by atoms with van der Waals surface area (Å²) in [7, 11) is 0. The summed E-state index contributed by atoms with van der Waals surface area (Å²) in [5.74, 6) is 0. The SMILES string of the molecule is CCCNCc1ccc(Cl)cc1Sc1cnccn1. The predicted molar refractivity (Wildman–Crippen MR) is 79.6 cm³/mol. The zero-order valence-electron chi connectivity index (χ0n) is 10.8. The lowest BCUT2D eigenvalue weighted by Gasteiger charge is -2.10. The second kappa shape index (κ2) is 7.48. The Kier molecular flexibility index (Phi) is 5.63. The molecule has 5 heteroatoms. The number of hydrogen-bond acceptors (Lipinski definition) is 4. The van der Waals surface area contributed by atoms with Gasteiger partial charge in [0.15, 0.2) is 0 Å². The van der Waals surface area contributed by atoms with E-state index in [0.717, 1.165) is 34.5 Å². The van der Waals surface area contributed by atoms with Crippen LogP contribution in [0.1, 0.15) is 18.9 Å². The van der Waals surface area contributed by atoms with Crippen LogP contribution in [0.4, 0.5) is 0 Å².